The second-order valence-electron chi connectivity index (χ2n) is 4.70. The molecule has 0 aliphatic carbocycles. The largest absolute Gasteiger partial charge is 0.461 e. The van der Waals surface area contributed by atoms with Gasteiger partial charge in [-0.25, -0.2) is 0 Å². The number of ketones is 1. The molecule has 0 amide bonds. The average molecular weight is 252 g/mol. The van der Waals surface area contributed by atoms with Gasteiger partial charge in [-0.1, -0.05) is 17.7 Å². The van der Waals surface area contributed by atoms with Crippen LogP contribution in [0.3, 0.4) is 0 Å². The second kappa shape index (κ2) is 9.63. The Hall–Kier alpha value is -1.38. The fourth-order valence-corrected chi connectivity index (χ4v) is 1.45. The molecule has 0 aliphatic rings. The number of carbonyl (C=O) groups is 2. The van der Waals surface area contributed by atoms with Gasteiger partial charge in [0.15, 0.2) is 0 Å². The number of carbonyl (C=O) groups excluding carboxylic acids is 2. The zero-order chi connectivity index (χ0) is 14.0. The molecule has 0 atom stereocenters. The van der Waals surface area contributed by atoms with E-state index in [-0.39, 0.29) is 11.8 Å². The maximum Gasteiger partial charge on any atom is 0.302 e. The van der Waals surface area contributed by atoms with E-state index in [2.05, 4.69) is 19.9 Å². The van der Waals surface area contributed by atoms with Gasteiger partial charge >= 0.3 is 5.97 Å². The van der Waals surface area contributed by atoms with Crippen molar-refractivity contribution in [2.45, 2.75) is 53.4 Å². The fourth-order valence-electron chi connectivity index (χ4n) is 1.45. The van der Waals surface area contributed by atoms with E-state index in [1.54, 1.807) is 6.92 Å². The number of ether oxygens (including phenoxy) is 1. The van der Waals surface area contributed by atoms with E-state index in [1.807, 2.05) is 6.08 Å². The SMILES string of the molecule is CC(=O)CC/C=C(\CCC=C(C)C)COC(C)=O. The van der Waals surface area contributed by atoms with E-state index in [0.717, 1.165) is 24.8 Å². The molecule has 0 heterocycles. The molecule has 0 unspecified atom stereocenters. The summed E-state index contributed by atoms with van der Waals surface area (Å²) in [5.74, 6) is -0.0860. The van der Waals surface area contributed by atoms with E-state index in [0.29, 0.717) is 13.0 Å². The Bertz CT molecular complexity index is 334. The molecule has 102 valence electrons. The first kappa shape index (κ1) is 16.6. The summed E-state index contributed by atoms with van der Waals surface area (Å²) in [6, 6.07) is 0. The molecule has 0 rings (SSSR count). The van der Waals surface area contributed by atoms with Crippen LogP contribution in [0.15, 0.2) is 23.3 Å². The highest BCUT2D eigenvalue weighted by atomic mass is 16.5. The maximum atomic E-state index is 10.9. The molecule has 0 fully saturated rings. The van der Waals surface area contributed by atoms with Crippen molar-refractivity contribution in [3.63, 3.8) is 0 Å². The Kier molecular flexibility index (Phi) is 8.89. The van der Waals surface area contributed by atoms with Crippen molar-refractivity contribution in [3.05, 3.63) is 23.3 Å². The van der Waals surface area contributed by atoms with E-state index in [9.17, 15) is 9.59 Å². The highest BCUT2D eigenvalue weighted by Gasteiger charge is 2.01. The third-order valence-corrected chi connectivity index (χ3v) is 2.41. The lowest BCUT2D eigenvalue weighted by atomic mass is 10.1. The van der Waals surface area contributed by atoms with Crippen LogP contribution in [0.4, 0.5) is 0 Å². The first-order chi connectivity index (χ1) is 8.41. The van der Waals surface area contributed by atoms with Crippen LogP contribution in [-0.4, -0.2) is 18.4 Å². The summed E-state index contributed by atoms with van der Waals surface area (Å²) < 4.78 is 5.01. The van der Waals surface area contributed by atoms with Crippen molar-refractivity contribution in [3.8, 4) is 0 Å². The average Bonchev–Trinajstić information content (AvgIpc) is 2.24. The Morgan fingerprint density at radius 3 is 2.06 bits per heavy atom. The number of esters is 1. The summed E-state index contributed by atoms with van der Waals surface area (Å²) >= 11 is 0. The second-order valence-corrected chi connectivity index (χ2v) is 4.70. The summed E-state index contributed by atoms with van der Waals surface area (Å²) in [6.07, 6.45) is 7.26. The number of hydrogen-bond acceptors (Lipinski definition) is 3. The van der Waals surface area contributed by atoms with Gasteiger partial charge in [0.2, 0.25) is 0 Å². The van der Waals surface area contributed by atoms with Gasteiger partial charge in [0.25, 0.3) is 0 Å². The van der Waals surface area contributed by atoms with E-state index in [4.69, 9.17) is 4.74 Å². The van der Waals surface area contributed by atoms with Crippen molar-refractivity contribution >= 4 is 11.8 Å². The highest BCUT2D eigenvalue weighted by molar-refractivity contribution is 5.75. The van der Waals surface area contributed by atoms with Crippen molar-refractivity contribution in [1.29, 1.82) is 0 Å². The number of rotatable bonds is 8. The molecule has 0 aliphatic heterocycles. The molecule has 0 N–H and O–H groups in total. The molecule has 3 heteroatoms. The van der Waals surface area contributed by atoms with Crippen LogP contribution in [0.5, 0.6) is 0 Å². The smallest absolute Gasteiger partial charge is 0.302 e. The Morgan fingerprint density at radius 2 is 1.56 bits per heavy atom. The first-order valence-corrected chi connectivity index (χ1v) is 6.36. The summed E-state index contributed by atoms with van der Waals surface area (Å²) in [6.45, 7) is 7.45. The highest BCUT2D eigenvalue weighted by Crippen LogP contribution is 2.10. The minimum absolute atomic E-state index is 0.183. The Morgan fingerprint density at radius 1 is 0.944 bits per heavy atom. The van der Waals surface area contributed by atoms with Crippen LogP contribution in [0.1, 0.15) is 53.4 Å². The maximum absolute atomic E-state index is 10.9. The van der Waals surface area contributed by atoms with Crippen LogP contribution in [0.2, 0.25) is 0 Å². The third kappa shape index (κ3) is 11.1. The van der Waals surface area contributed by atoms with Gasteiger partial charge in [-0.3, -0.25) is 4.79 Å². The van der Waals surface area contributed by atoms with Crippen LogP contribution in [0.25, 0.3) is 0 Å². The van der Waals surface area contributed by atoms with Crippen molar-refractivity contribution < 1.29 is 14.3 Å². The molecule has 0 bridgehead atoms. The van der Waals surface area contributed by atoms with Crippen molar-refractivity contribution in [1.82, 2.24) is 0 Å². The molecule has 0 saturated carbocycles. The lowest BCUT2D eigenvalue weighted by Gasteiger charge is -2.07. The number of hydrogen-bond donors (Lipinski definition) is 0. The topological polar surface area (TPSA) is 43.4 Å². The van der Waals surface area contributed by atoms with Crippen molar-refractivity contribution in [2.24, 2.45) is 0 Å². The van der Waals surface area contributed by atoms with Gasteiger partial charge in [-0.15, -0.1) is 0 Å². The molecule has 3 nitrogen and oxygen atoms in total. The summed E-state index contributed by atoms with van der Waals surface area (Å²) in [4.78, 5) is 21.7. The molecule has 0 spiro atoms. The van der Waals surface area contributed by atoms with Gasteiger partial charge in [-0.2, -0.15) is 0 Å². The molecule has 18 heavy (non-hydrogen) atoms. The molecular weight excluding hydrogens is 228 g/mol. The summed E-state index contributed by atoms with van der Waals surface area (Å²) in [5, 5.41) is 0. The van der Waals surface area contributed by atoms with Crippen LogP contribution in [-0.2, 0) is 14.3 Å². The first-order valence-electron chi connectivity index (χ1n) is 6.36. The van der Waals surface area contributed by atoms with Gasteiger partial charge in [0.1, 0.15) is 12.4 Å². The van der Waals surface area contributed by atoms with E-state index >= 15 is 0 Å². The fraction of sp³-hybridized carbons (Fsp3) is 0.600. The Balaban J connectivity index is 4.26. The van der Waals surface area contributed by atoms with Gasteiger partial charge < -0.3 is 9.53 Å². The third-order valence-electron chi connectivity index (χ3n) is 2.41. The normalized spacial score (nSPS) is 11.0. The Labute approximate surface area is 110 Å². The predicted molar refractivity (Wildman–Crippen MR) is 73.3 cm³/mol. The van der Waals surface area contributed by atoms with Gasteiger partial charge in [-0.05, 0) is 45.6 Å². The van der Waals surface area contributed by atoms with Gasteiger partial charge in [0, 0.05) is 13.3 Å². The van der Waals surface area contributed by atoms with Crippen LogP contribution >= 0.6 is 0 Å². The minimum atomic E-state index is -0.269. The van der Waals surface area contributed by atoms with Crippen molar-refractivity contribution in [2.75, 3.05) is 6.61 Å². The minimum Gasteiger partial charge on any atom is -0.461 e. The summed E-state index contributed by atoms with van der Waals surface area (Å²) in [7, 11) is 0. The lowest BCUT2D eigenvalue weighted by Crippen LogP contribution is -2.03. The quantitative estimate of drug-likeness (QED) is 0.490. The molecule has 0 saturated heterocycles. The standard InChI is InChI=1S/C15H24O3/c1-12(2)7-5-9-15(11-18-14(4)17)10-6-8-13(3)16/h7,10H,5-6,8-9,11H2,1-4H3/b15-10+. The predicted octanol–water partition coefficient (Wildman–Crippen LogP) is 3.59. The molecule has 0 aromatic carbocycles. The lowest BCUT2D eigenvalue weighted by molar-refractivity contribution is -0.140. The van der Waals surface area contributed by atoms with Crippen LogP contribution < -0.4 is 0 Å². The molecule has 0 aromatic heterocycles. The monoisotopic (exact) mass is 252 g/mol. The summed E-state index contributed by atoms with van der Waals surface area (Å²) in [5.41, 5.74) is 2.37. The molecule has 0 radical (unpaired) electrons. The number of allylic oxidation sites excluding steroid dienone is 3. The zero-order valence-electron chi connectivity index (χ0n) is 11.9. The molecular formula is C15H24O3. The van der Waals surface area contributed by atoms with E-state index in [1.165, 1.54) is 12.5 Å². The zero-order valence-corrected chi connectivity index (χ0v) is 11.9. The van der Waals surface area contributed by atoms with E-state index < -0.39 is 0 Å². The number of Topliss-reactive ketones (excluding diaryl/α,β-unsaturated/α-hetero) is 1. The van der Waals surface area contributed by atoms with Gasteiger partial charge in [0.05, 0.1) is 0 Å². The van der Waals surface area contributed by atoms with Crippen LogP contribution in [0, 0.1) is 0 Å². The molecule has 0 aromatic rings.